The molecule has 1 aliphatic heterocycles. The second-order valence-corrected chi connectivity index (χ2v) is 8.74. The molecular weight excluding hydrogens is 382 g/mol. The number of amides is 2. The molecule has 148 valence electrons. The zero-order valence-electron chi connectivity index (χ0n) is 16.2. The number of para-hydroxylation sites is 1. The summed E-state index contributed by atoms with van der Waals surface area (Å²) >= 11 is 1.62. The van der Waals surface area contributed by atoms with Gasteiger partial charge in [0, 0.05) is 37.5 Å². The molecule has 1 aromatic carbocycles. The number of piperazine rings is 1. The Hall–Kier alpha value is -2.73. The van der Waals surface area contributed by atoms with Crippen LogP contribution in [0.2, 0.25) is 0 Å². The number of nitrogens with zero attached hydrogens (tertiary/aromatic N) is 3. The van der Waals surface area contributed by atoms with Crippen LogP contribution >= 0.6 is 11.3 Å². The minimum absolute atomic E-state index is 0.0251. The number of hydrogen-bond acceptors (Lipinski definition) is 4. The van der Waals surface area contributed by atoms with Gasteiger partial charge in [0.2, 0.25) is 5.91 Å². The van der Waals surface area contributed by atoms with Gasteiger partial charge in [0.05, 0.1) is 21.7 Å². The van der Waals surface area contributed by atoms with Gasteiger partial charge in [-0.2, -0.15) is 0 Å². The topological polar surface area (TPSA) is 53.5 Å². The lowest BCUT2D eigenvalue weighted by atomic mass is 9.84. The third-order valence-corrected chi connectivity index (χ3v) is 6.95. The van der Waals surface area contributed by atoms with Gasteiger partial charge in [0.1, 0.15) is 0 Å². The zero-order valence-corrected chi connectivity index (χ0v) is 17.0. The third-order valence-electron chi connectivity index (χ3n) is 6.05. The van der Waals surface area contributed by atoms with E-state index < -0.39 is 0 Å². The molecule has 0 radical (unpaired) electrons. The fourth-order valence-corrected chi connectivity index (χ4v) is 4.80. The SMILES string of the molecule is O=C(c1cc(-c2cccs2)nc2ccccc12)N1CCN(C(=O)C2CCC2)CC1. The quantitative estimate of drug-likeness (QED) is 0.661. The standard InChI is InChI=1S/C23H23N3O2S/c27-22(16-5-3-6-16)25-10-12-26(13-11-25)23(28)18-15-20(21-9-4-14-29-21)24-19-8-2-1-7-17(18)19/h1-2,4,7-9,14-16H,3,5-6,10-13H2. The number of hydrogen-bond donors (Lipinski definition) is 0. The number of carbonyl (C=O) groups is 2. The Morgan fingerprint density at radius 1 is 0.966 bits per heavy atom. The lowest BCUT2D eigenvalue weighted by Crippen LogP contribution is -2.52. The summed E-state index contributed by atoms with van der Waals surface area (Å²) in [4.78, 5) is 35.5. The molecule has 1 aliphatic carbocycles. The highest BCUT2D eigenvalue weighted by Crippen LogP contribution is 2.30. The molecule has 2 amide bonds. The van der Waals surface area contributed by atoms with E-state index >= 15 is 0 Å². The van der Waals surface area contributed by atoms with Crippen molar-refractivity contribution in [1.29, 1.82) is 0 Å². The van der Waals surface area contributed by atoms with E-state index in [1.165, 1.54) is 0 Å². The van der Waals surface area contributed by atoms with E-state index in [4.69, 9.17) is 4.98 Å². The first-order valence-corrected chi connectivity index (χ1v) is 11.1. The van der Waals surface area contributed by atoms with Crippen molar-refractivity contribution in [2.75, 3.05) is 26.2 Å². The van der Waals surface area contributed by atoms with Crippen LogP contribution < -0.4 is 0 Å². The van der Waals surface area contributed by atoms with Crippen LogP contribution in [0.25, 0.3) is 21.5 Å². The van der Waals surface area contributed by atoms with Crippen molar-refractivity contribution >= 4 is 34.1 Å². The maximum Gasteiger partial charge on any atom is 0.254 e. The highest BCUT2D eigenvalue weighted by Gasteiger charge is 2.32. The van der Waals surface area contributed by atoms with Gasteiger partial charge in [-0.1, -0.05) is 30.7 Å². The number of fused-ring (bicyclic) bond motifs is 1. The first-order valence-electron chi connectivity index (χ1n) is 10.2. The Labute approximate surface area is 174 Å². The summed E-state index contributed by atoms with van der Waals surface area (Å²) in [5, 5.41) is 2.90. The Balaban J connectivity index is 1.40. The Morgan fingerprint density at radius 2 is 1.72 bits per heavy atom. The van der Waals surface area contributed by atoms with Crippen molar-refractivity contribution in [2.24, 2.45) is 5.92 Å². The van der Waals surface area contributed by atoms with Gasteiger partial charge < -0.3 is 9.80 Å². The predicted molar refractivity (Wildman–Crippen MR) is 115 cm³/mol. The van der Waals surface area contributed by atoms with Crippen LogP contribution in [0.4, 0.5) is 0 Å². The highest BCUT2D eigenvalue weighted by atomic mass is 32.1. The number of benzene rings is 1. The molecule has 0 spiro atoms. The molecule has 0 unspecified atom stereocenters. The Kier molecular flexibility index (Phi) is 4.79. The fourth-order valence-electron chi connectivity index (χ4n) is 4.12. The van der Waals surface area contributed by atoms with Gasteiger partial charge >= 0.3 is 0 Å². The van der Waals surface area contributed by atoms with Crippen molar-refractivity contribution in [3.63, 3.8) is 0 Å². The lowest BCUT2D eigenvalue weighted by molar-refractivity contribution is -0.139. The maximum absolute atomic E-state index is 13.4. The molecule has 1 saturated carbocycles. The molecule has 6 heteroatoms. The molecule has 1 saturated heterocycles. The number of rotatable bonds is 3. The summed E-state index contributed by atoms with van der Waals surface area (Å²) in [7, 11) is 0. The average molecular weight is 406 g/mol. The van der Waals surface area contributed by atoms with E-state index in [2.05, 4.69) is 0 Å². The molecule has 29 heavy (non-hydrogen) atoms. The first-order chi connectivity index (χ1) is 14.2. The molecule has 2 aromatic heterocycles. The summed E-state index contributed by atoms with van der Waals surface area (Å²) in [5.41, 5.74) is 2.36. The predicted octanol–water partition coefficient (Wildman–Crippen LogP) is 4.05. The molecule has 3 aromatic rings. The summed E-state index contributed by atoms with van der Waals surface area (Å²) in [6.07, 6.45) is 3.20. The number of aromatic nitrogens is 1. The van der Waals surface area contributed by atoms with E-state index in [1.807, 2.05) is 57.6 Å². The number of carbonyl (C=O) groups excluding carboxylic acids is 2. The molecular formula is C23H23N3O2S. The van der Waals surface area contributed by atoms with E-state index in [-0.39, 0.29) is 17.7 Å². The average Bonchev–Trinajstić information content (AvgIpc) is 3.26. The summed E-state index contributed by atoms with van der Waals surface area (Å²) < 4.78 is 0. The van der Waals surface area contributed by atoms with Gasteiger partial charge in [-0.05, 0) is 36.4 Å². The molecule has 2 aliphatic rings. The molecule has 3 heterocycles. The lowest BCUT2D eigenvalue weighted by Gasteiger charge is -2.38. The maximum atomic E-state index is 13.4. The van der Waals surface area contributed by atoms with Gasteiger partial charge in [-0.3, -0.25) is 9.59 Å². The normalized spacial score (nSPS) is 17.4. The van der Waals surface area contributed by atoms with Crippen molar-refractivity contribution in [3.05, 3.63) is 53.4 Å². The minimum Gasteiger partial charge on any atom is -0.339 e. The third kappa shape index (κ3) is 3.42. The van der Waals surface area contributed by atoms with Crippen LogP contribution in [0, 0.1) is 5.92 Å². The van der Waals surface area contributed by atoms with Gasteiger partial charge in [0.15, 0.2) is 0 Å². The van der Waals surface area contributed by atoms with Crippen molar-refractivity contribution in [1.82, 2.24) is 14.8 Å². The van der Waals surface area contributed by atoms with Crippen molar-refractivity contribution in [3.8, 4) is 10.6 Å². The van der Waals surface area contributed by atoms with Crippen LogP contribution in [-0.2, 0) is 4.79 Å². The van der Waals surface area contributed by atoms with Gasteiger partial charge in [0.25, 0.3) is 5.91 Å². The van der Waals surface area contributed by atoms with Gasteiger partial charge in [-0.15, -0.1) is 11.3 Å². The molecule has 0 atom stereocenters. The van der Waals surface area contributed by atoms with E-state index in [0.717, 1.165) is 40.7 Å². The molecule has 5 rings (SSSR count). The van der Waals surface area contributed by atoms with Crippen molar-refractivity contribution < 1.29 is 9.59 Å². The Bertz CT molecular complexity index is 1050. The van der Waals surface area contributed by atoms with Crippen LogP contribution in [0.3, 0.4) is 0 Å². The first kappa shape index (κ1) is 18.3. The smallest absolute Gasteiger partial charge is 0.254 e. The van der Waals surface area contributed by atoms with Crippen LogP contribution in [-0.4, -0.2) is 52.8 Å². The monoisotopic (exact) mass is 405 g/mol. The number of thiophene rings is 1. The zero-order chi connectivity index (χ0) is 19.8. The second-order valence-electron chi connectivity index (χ2n) is 7.79. The summed E-state index contributed by atoms with van der Waals surface area (Å²) in [5.74, 6) is 0.518. The largest absolute Gasteiger partial charge is 0.339 e. The van der Waals surface area contributed by atoms with Crippen LogP contribution in [0.15, 0.2) is 47.8 Å². The fraction of sp³-hybridized carbons (Fsp3) is 0.348. The molecule has 5 nitrogen and oxygen atoms in total. The van der Waals surface area contributed by atoms with E-state index in [9.17, 15) is 9.59 Å². The highest BCUT2D eigenvalue weighted by molar-refractivity contribution is 7.13. The summed E-state index contributed by atoms with van der Waals surface area (Å²) in [6.45, 7) is 2.42. The van der Waals surface area contributed by atoms with E-state index in [0.29, 0.717) is 31.7 Å². The second kappa shape index (κ2) is 7.59. The van der Waals surface area contributed by atoms with Crippen LogP contribution in [0.1, 0.15) is 29.6 Å². The molecule has 0 bridgehead atoms. The number of pyridine rings is 1. The van der Waals surface area contributed by atoms with Crippen molar-refractivity contribution in [2.45, 2.75) is 19.3 Å². The molecule has 2 fully saturated rings. The Morgan fingerprint density at radius 3 is 2.41 bits per heavy atom. The van der Waals surface area contributed by atoms with E-state index in [1.54, 1.807) is 11.3 Å². The minimum atomic E-state index is 0.0251. The van der Waals surface area contributed by atoms with Crippen LogP contribution in [0.5, 0.6) is 0 Å². The van der Waals surface area contributed by atoms with Gasteiger partial charge in [-0.25, -0.2) is 4.98 Å². The summed E-state index contributed by atoms with van der Waals surface area (Å²) in [6, 6.07) is 13.8. The molecule has 0 N–H and O–H groups in total.